The number of aryl methyl sites for hydroxylation is 1. The second-order valence-electron chi connectivity index (χ2n) is 8.97. The van der Waals surface area contributed by atoms with E-state index in [9.17, 15) is 18.0 Å². The Bertz CT molecular complexity index is 1360. The van der Waals surface area contributed by atoms with E-state index in [4.69, 9.17) is 16.3 Å². The molecule has 0 bridgehead atoms. The number of carbonyl (C=O) groups excluding carboxylic acids is 2. The molecule has 1 N–H and O–H groups in total. The van der Waals surface area contributed by atoms with E-state index in [1.165, 1.54) is 29.2 Å². The van der Waals surface area contributed by atoms with Crippen LogP contribution in [0.3, 0.4) is 0 Å². The summed E-state index contributed by atoms with van der Waals surface area (Å²) in [6.45, 7) is 7.71. The van der Waals surface area contributed by atoms with Gasteiger partial charge in [0.05, 0.1) is 17.2 Å². The smallest absolute Gasteiger partial charge is 0.264 e. The van der Waals surface area contributed by atoms with Gasteiger partial charge in [-0.05, 0) is 81.8 Å². The number of halogens is 1. The van der Waals surface area contributed by atoms with Crippen molar-refractivity contribution in [2.45, 2.75) is 45.2 Å². The van der Waals surface area contributed by atoms with Gasteiger partial charge in [-0.25, -0.2) is 8.42 Å². The van der Waals surface area contributed by atoms with Gasteiger partial charge in [0.2, 0.25) is 11.8 Å². The Morgan fingerprint density at radius 3 is 2.13 bits per heavy atom. The van der Waals surface area contributed by atoms with Gasteiger partial charge in [0, 0.05) is 18.1 Å². The minimum Gasteiger partial charge on any atom is -0.494 e. The number of anilines is 1. The molecular formula is C29H34ClN3O5S. The third-order valence-corrected chi connectivity index (χ3v) is 8.15. The lowest BCUT2D eigenvalue weighted by atomic mass is 10.1. The van der Waals surface area contributed by atoms with Gasteiger partial charge in [-0.3, -0.25) is 13.9 Å². The van der Waals surface area contributed by atoms with Crippen LogP contribution >= 0.6 is 11.6 Å². The molecule has 3 aromatic carbocycles. The van der Waals surface area contributed by atoms with Crippen molar-refractivity contribution in [1.82, 2.24) is 10.2 Å². The number of hydrogen-bond donors (Lipinski definition) is 1. The van der Waals surface area contributed by atoms with Crippen molar-refractivity contribution in [3.05, 3.63) is 88.9 Å². The quantitative estimate of drug-likeness (QED) is 0.337. The molecule has 0 heterocycles. The van der Waals surface area contributed by atoms with Gasteiger partial charge in [-0.1, -0.05) is 41.4 Å². The number of rotatable bonds is 12. The van der Waals surface area contributed by atoms with Gasteiger partial charge in [0.1, 0.15) is 18.3 Å². The monoisotopic (exact) mass is 571 g/mol. The number of amides is 2. The number of carbonyl (C=O) groups is 2. The van der Waals surface area contributed by atoms with E-state index in [0.717, 1.165) is 15.4 Å². The van der Waals surface area contributed by atoms with Crippen LogP contribution in [0.4, 0.5) is 5.69 Å². The lowest BCUT2D eigenvalue weighted by molar-refractivity contribution is -0.139. The van der Waals surface area contributed by atoms with Gasteiger partial charge >= 0.3 is 0 Å². The molecule has 0 radical (unpaired) electrons. The fraction of sp³-hybridized carbons (Fsp3) is 0.310. The first-order valence-electron chi connectivity index (χ1n) is 12.7. The Hall–Kier alpha value is -3.56. The molecule has 0 saturated heterocycles. The summed E-state index contributed by atoms with van der Waals surface area (Å²) in [5, 5.41) is 3.14. The van der Waals surface area contributed by atoms with E-state index >= 15 is 0 Å². The number of nitrogens with one attached hydrogen (secondary N) is 1. The molecule has 208 valence electrons. The maximum absolute atomic E-state index is 13.8. The summed E-state index contributed by atoms with van der Waals surface area (Å²) in [5.74, 6) is -0.283. The topological polar surface area (TPSA) is 96.0 Å². The van der Waals surface area contributed by atoms with Crippen molar-refractivity contribution >= 4 is 39.1 Å². The van der Waals surface area contributed by atoms with Crippen molar-refractivity contribution in [2.75, 3.05) is 24.0 Å². The lowest BCUT2D eigenvalue weighted by Gasteiger charge is -2.32. The predicted octanol–water partition coefficient (Wildman–Crippen LogP) is 4.80. The van der Waals surface area contributed by atoms with Gasteiger partial charge in [0.15, 0.2) is 0 Å². The molecule has 0 spiro atoms. The number of hydrogen-bond acceptors (Lipinski definition) is 5. The molecule has 0 saturated carbocycles. The highest BCUT2D eigenvalue weighted by Gasteiger charge is 2.32. The number of nitrogens with zero attached hydrogens (tertiary/aromatic N) is 2. The number of ether oxygens (including phenoxy) is 1. The molecular weight excluding hydrogens is 538 g/mol. The van der Waals surface area contributed by atoms with E-state index < -0.39 is 28.5 Å². The van der Waals surface area contributed by atoms with E-state index in [0.29, 0.717) is 23.9 Å². The van der Waals surface area contributed by atoms with Gasteiger partial charge < -0.3 is 15.0 Å². The Balaban J connectivity index is 2.02. The van der Waals surface area contributed by atoms with Crippen molar-refractivity contribution in [3.8, 4) is 5.75 Å². The van der Waals surface area contributed by atoms with Gasteiger partial charge in [-0.2, -0.15) is 0 Å². The highest BCUT2D eigenvalue weighted by molar-refractivity contribution is 7.92. The van der Waals surface area contributed by atoms with Crippen molar-refractivity contribution in [1.29, 1.82) is 0 Å². The molecule has 0 aliphatic carbocycles. The highest BCUT2D eigenvalue weighted by Crippen LogP contribution is 2.27. The van der Waals surface area contributed by atoms with Gasteiger partial charge in [0.25, 0.3) is 10.0 Å². The van der Waals surface area contributed by atoms with Crippen LogP contribution in [0, 0.1) is 6.92 Å². The van der Waals surface area contributed by atoms with Crippen molar-refractivity contribution in [3.63, 3.8) is 0 Å². The second kappa shape index (κ2) is 13.5. The first-order chi connectivity index (χ1) is 18.6. The largest absolute Gasteiger partial charge is 0.494 e. The summed E-state index contributed by atoms with van der Waals surface area (Å²) < 4.78 is 34.2. The van der Waals surface area contributed by atoms with Crippen LogP contribution < -0.4 is 14.4 Å². The Kier molecular flexibility index (Phi) is 10.4. The van der Waals surface area contributed by atoms with E-state index in [2.05, 4.69) is 5.32 Å². The Morgan fingerprint density at radius 1 is 0.949 bits per heavy atom. The molecule has 8 nitrogen and oxygen atoms in total. The van der Waals surface area contributed by atoms with Crippen LogP contribution in [0.1, 0.15) is 31.9 Å². The van der Waals surface area contributed by atoms with Crippen LogP contribution in [-0.2, 0) is 26.2 Å². The molecule has 0 aliphatic heterocycles. The first-order valence-corrected chi connectivity index (χ1v) is 14.5. The van der Waals surface area contributed by atoms with Crippen LogP contribution in [0.5, 0.6) is 5.75 Å². The average Bonchev–Trinajstić information content (AvgIpc) is 2.92. The lowest BCUT2D eigenvalue weighted by Crippen LogP contribution is -2.51. The molecule has 3 rings (SSSR count). The molecule has 0 fully saturated rings. The van der Waals surface area contributed by atoms with Crippen LogP contribution in [0.25, 0.3) is 0 Å². The zero-order valence-corrected chi connectivity index (χ0v) is 24.1. The van der Waals surface area contributed by atoms with E-state index in [1.807, 2.05) is 38.1 Å². The second-order valence-corrected chi connectivity index (χ2v) is 11.3. The van der Waals surface area contributed by atoms with Crippen molar-refractivity contribution in [2.24, 2.45) is 0 Å². The molecule has 0 aromatic heterocycles. The molecule has 0 unspecified atom stereocenters. The van der Waals surface area contributed by atoms with Crippen LogP contribution in [-0.4, -0.2) is 50.9 Å². The van der Waals surface area contributed by atoms with E-state index in [-0.39, 0.29) is 23.0 Å². The minimum atomic E-state index is -4.17. The molecule has 2 amide bonds. The fourth-order valence-corrected chi connectivity index (χ4v) is 5.47. The summed E-state index contributed by atoms with van der Waals surface area (Å²) in [4.78, 5) is 28.0. The SMILES string of the molecule is CCNC(=O)[C@H](C)N(Cc1ccc(C)cc1)C(=O)CN(c1ccc(OCC)cc1)S(=O)(=O)c1ccc(Cl)cc1. The van der Waals surface area contributed by atoms with Gasteiger partial charge in [-0.15, -0.1) is 0 Å². The maximum atomic E-state index is 13.8. The molecule has 3 aromatic rings. The van der Waals surface area contributed by atoms with Crippen LogP contribution in [0.2, 0.25) is 5.02 Å². The van der Waals surface area contributed by atoms with Crippen molar-refractivity contribution < 1.29 is 22.7 Å². The number of sulfonamides is 1. The summed E-state index contributed by atoms with van der Waals surface area (Å²) in [6, 6.07) is 19.0. The molecule has 10 heteroatoms. The fourth-order valence-electron chi connectivity index (χ4n) is 3.93. The maximum Gasteiger partial charge on any atom is 0.264 e. The Morgan fingerprint density at radius 2 is 1.56 bits per heavy atom. The third kappa shape index (κ3) is 7.74. The first kappa shape index (κ1) is 30.0. The third-order valence-electron chi connectivity index (χ3n) is 6.11. The van der Waals surface area contributed by atoms with E-state index in [1.54, 1.807) is 38.1 Å². The summed E-state index contributed by atoms with van der Waals surface area (Å²) in [6.07, 6.45) is 0. The van der Waals surface area contributed by atoms with Crippen LogP contribution in [0.15, 0.2) is 77.7 Å². The summed E-state index contributed by atoms with van der Waals surface area (Å²) in [5.41, 5.74) is 2.16. The normalized spacial score (nSPS) is 11.9. The highest BCUT2D eigenvalue weighted by atomic mass is 35.5. The summed E-state index contributed by atoms with van der Waals surface area (Å²) >= 11 is 5.99. The average molecular weight is 572 g/mol. The minimum absolute atomic E-state index is 0.0181. The molecule has 1 atom stereocenters. The number of likely N-dealkylation sites (N-methyl/N-ethyl adjacent to an activating group) is 1. The summed E-state index contributed by atoms with van der Waals surface area (Å²) in [7, 11) is -4.17. The predicted molar refractivity (Wildman–Crippen MR) is 153 cm³/mol. The molecule has 0 aliphatic rings. The standard InChI is InChI=1S/C29H34ClN3O5S/c1-5-31-29(35)22(4)32(19-23-9-7-21(3)8-10-23)28(34)20-33(25-13-15-26(16-14-25)38-6-2)39(36,37)27-17-11-24(30)12-18-27/h7-18,22H,5-6,19-20H2,1-4H3,(H,31,35)/t22-/m0/s1. The zero-order chi connectivity index (χ0) is 28.6. The molecule has 39 heavy (non-hydrogen) atoms. The Labute approximate surface area is 235 Å². The zero-order valence-electron chi connectivity index (χ0n) is 22.6. The number of benzene rings is 3.